The lowest BCUT2D eigenvalue weighted by molar-refractivity contribution is -0.125. The van der Waals surface area contributed by atoms with Gasteiger partial charge in [-0.3, -0.25) is 19.6 Å². The maximum atomic E-state index is 16.1. The molecule has 8 rings (SSSR count). The minimum Gasteiger partial charge on any atom is -0.467 e. The highest BCUT2D eigenvalue weighted by molar-refractivity contribution is 5.99. The molecule has 0 aliphatic carbocycles. The molecule has 0 N–H and O–H groups in total. The average Bonchev–Trinajstić information content (AvgIpc) is 3.83. The first kappa shape index (κ1) is 33.2. The molecule has 0 spiro atoms. The van der Waals surface area contributed by atoms with Crippen LogP contribution in [-0.4, -0.2) is 114 Å². The van der Waals surface area contributed by atoms with E-state index in [2.05, 4.69) is 24.8 Å². The summed E-state index contributed by atoms with van der Waals surface area (Å²) in [4.78, 5) is 34.0. The minimum atomic E-state index is -1.07. The van der Waals surface area contributed by atoms with E-state index in [0.717, 1.165) is 37.7 Å². The fourth-order valence-corrected chi connectivity index (χ4v) is 7.54. The lowest BCUT2D eigenvalue weighted by atomic mass is 10.00. The first-order chi connectivity index (χ1) is 23.6. The van der Waals surface area contributed by atoms with Crippen molar-refractivity contribution in [3.63, 3.8) is 0 Å². The summed E-state index contributed by atoms with van der Waals surface area (Å²) in [5.41, 5.74) is 1.00. The Morgan fingerprint density at radius 3 is 2.61 bits per heavy atom. The zero-order valence-electron chi connectivity index (χ0n) is 27.8. The van der Waals surface area contributed by atoms with Crippen LogP contribution in [0.3, 0.4) is 0 Å². The van der Waals surface area contributed by atoms with Crippen LogP contribution in [0.4, 0.5) is 23.4 Å². The second kappa shape index (κ2) is 13.5. The number of anilines is 1. The van der Waals surface area contributed by atoms with Gasteiger partial charge in [0.15, 0.2) is 17.5 Å². The van der Waals surface area contributed by atoms with E-state index >= 15 is 4.39 Å². The molecule has 4 aliphatic heterocycles. The van der Waals surface area contributed by atoms with Crippen molar-refractivity contribution in [3.05, 3.63) is 65.6 Å². The predicted octanol–water partition coefficient (Wildman–Crippen LogP) is 5.37. The molecule has 2 aromatic heterocycles. The van der Waals surface area contributed by atoms with E-state index in [9.17, 15) is 18.0 Å². The zero-order valence-corrected chi connectivity index (χ0v) is 27.8. The van der Waals surface area contributed by atoms with E-state index in [1.165, 1.54) is 38.3 Å². The summed E-state index contributed by atoms with van der Waals surface area (Å²) in [6.07, 6.45) is 6.67. The van der Waals surface area contributed by atoms with Gasteiger partial charge >= 0.3 is 6.01 Å². The summed E-state index contributed by atoms with van der Waals surface area (Å²) < 4.78 is 62.9. The summed E-state index contributed by atoms with van der Waals surface area (Å²) in [7, 11) is 5.22. The van der Waals surface area contributed by atoms with Crippen LogP contribution >= 0.6 is 0 Å². The van der Waals surface area contributed by atoms with Gasteiger partial charge in [-0.1, -0.05) is 24.3 Å². The number of fused-ring (bicyclic) bond motifs is 3. The number of likely N-dealkylation sites (tertiary alicyclic amines) is 2. The standard InChI is InChI=1S/C29H27F3N6O2.C7H12FN/c1-36-13-16(14-36)11-22(39)38-10-9-18(15-38)37(2)28-20-12-33-26(25(32)27(20)34-29(35-28)40-3)19-6-4-5-17-7-8-21(30)24(31)23(17)19;8-6-4-7-2-1-3-9(7)5-6/h4-8,11-12,18H,9-10,13-15H2,1-3H3;6-7H,1-5H2. The number of carbonyl (C=O) groups excluding carboxylic acids is 1. The first-order valence-electron chi connectivity index (χ1n) is 16.7. The number of rotatable bonds is 5. The van der Waals surface area contributed by atoms with Crippen molar-refractivity contribution in [2.75, 3.05) is 65.4 Å². The maximum absolute atomic E-state index is 16.1. The van der Waals surface area contributed by atoms with Crippen molar-refractivity contribution in [1.82, 2.24) is 29.7 Å². The number of carbonyl (C=O) groups is 1. The molecule has 4 aromatic rings. The monoisotopic (exact) mass is 677 g/mol. The number of hydrogen-bond donors (Lipinski definition) is 0. The number of aromatic nitrogens is 3. The largest absolute Gasteiger partial charge is 0.467 e. The summed E-state index contributed by atoms with van der Waals surface area (Å²) in [5, 5.41) is 0.686. The van der Waals surface area contributed by atoms with E-state index in [4.69, 9.17) is 4.74 Å². The third-order valence-corrected chi connectivity index (χ3v) is 10.1. The maximum Gasteiger partial charge on any atom is 0.318 e. The van der Waals surface area contributed by atoms with Gasteiger partial charge in [0.05, 0.1) is 12.5 Å². The molecule has 0 saturated carbocycles. The Balaban J connectivity index is 0.000000361. The Kier molecular flexibility index (Phi) is 9.14. The van der Waals surface area contributed by atoms with E-state index in [0.29, 0.717) is 48.7 Å². The summed E-state index contributed by atoms with van der Waals surface area (Å²) >= 11 is 0. The quantitative estimate of drug-likeness (QED) is 0.206. The number of hydrogen-bond acceptors (Lipinski definition) is 8. The van der Waals surface area contributed by atoms with Crippen LogP contribution in [0.5, 0.6) is 6.01 Å². The van der Waals surface area contributed by atoms with E-state index in [1.807, 2.05) is 19.0 Å². The van der Waals surface area contributed by atoms with Crippen molar-refractivity contribution < 1.29 is 27.1 Å². The molecule has 0 bridgehead atoms. The van der Waals surface area contributed by atoms with E-state index in [1.54, 1.807) is 23.1 Å². The minimum absolute atomic E-state index is 0.0137. The molecule has 13 heteroatoms. The van der Waals surface area contributed by atoms with E-state index in [-0.39, 0.29) is 40.1 Å². The van der Waals surface area contributed by atoms with Gasteiger partial charge in [-0.15, -0.1) is 0 Å². The van der Waals surface area contributed by atoms with Crippen LogP contribution < -0.4 is 9.64 Å². The molecule has 1 amide bonds. The number of alkyl halides is 1. The van der Waals surface area contributed by atoms with Crippen LogP contribution in [0.15, 0.2) is 48.2 Å². The van der Waals surface area contributed by atoms with Crippen LogP contribution in [0.2, 0.25) is 0 Å². The molecule has 258 valence electrons. The zero-order chi connectivity index (χ0) is 34.4. The molecule has 2 aromatic carbocycles. The molecular weight excluding hydrogens is 638 g/mol. The number of halogens is 4. The Bertz CT molecular complexity index is 1920. The normalized spacial score (nSPS) is 22.2. The number of amides is 1. The molecule has 49 heavy (non-hydrogen) atoms. The van der Waals surface area contributed by atoms with Crippen LogP contribution in [0.1, 0.15) is 25.7 Å². The Hall–Kier alpha value is -4.36. The molecule has 0 radical (unpaired) electrons. The van der Waals surface area contributed by atoms with Gasteiger partial charge < -0.3 is 14.5 Å². The lowest BCUT2D eigenvalue weighted by Crippen LogP contribution is -2.39. The molecule has 4 aliphatic rings. The Labute approximate surface area is 282 Å². The van der Waals surface area contributed by atoms with Gasteiger partial charge in [-0.25, -0.2) is 17.6 Å². The van der Waals surface area contributed by atoms with Gasteiger partial charge in [0, 0.05) is 75.1 Å². The number of benzene rings is 2. The van der Waals surface area contributed by atoms with Gasteiger partial charge in [-0.2, -0.15) is 9.97 Å². The highest BCUT2D eigenvalue weighted by atomic mass is 19.2. The predicted molar refractivity (Wildman–Crippen MR) is 180 cm³/mol. The fraction of sp³-hybridized carbons (Fsp3) is 0.444. The van der Waals surface area contributed by atoms with Crippen molar-refractivity contribution in [3.8, 4) is 17.3 Å². The molecule has 9 nitrogen and oxygen atoms in total. The van der Waals surface area contributed by atoms with Gasteiger partial charge in [0.2, 0.25) is 5.91 Å². The summed E-state index contributed by atoms with van der Waals surface area (Å²) in [6, 6.07) is 7.70. The van der Waals surface area contributed by atoms with Crippen LogP contribution in [-0.2, 0) is 4.79 Å². The third-order valence-electron chi connectivity index (χ3n) is 10.1. The molecular formula is C36H39F4N7O2. The van der Waals surface area contributed by atoms with Crippen molar-refractivity contribution in [2.24, 2.45) is 0 Å². The summed E-state index contributed by atoms with van der Waals surface area (Å²) in [6.45, 7) is 4.54. The number of pyridine rings is 1. The Morgan fingerprint density at radius 1 is 1.04 bits per heavy atom. The smallest absolute Gasteiger partial charge is 0.318 e. The molecule has 4 saturated heterocycles. The number of nitrogens with zero attached hydrogens (tertiary/aromatic N) is 7. The Morgan fingerprint density at radius 2 is 1.86 bits per heavy atom. The molecule has 3 unspecified atom stereocenters. The average molecular weight is 678 g/mol. The highest BCUT2D eigenvalue weighted by Crippen LogP contribution is 2.37. The number of methoxy groups -OCH3 is 1. The topological polar surface area (TPSA) is 77.9 Å². The third kappa shape index (κ3) is 6.41. The van der Waals surface area contributed by atoms with Gasteiger partial charge in [0.1, 0.15) is 23.2 Å². The molecule has 3 atom stereocenters. The van der Waals surface area contributed by atoms with E-state index < -0.39 is 23.6 Å². The second-order valence-corrected chi connectivity index (χ2v) is 13.4. The lowest BCUT2D eigenvalue weighted by Gasteiger charge is -2.30. The second-order valence-electron chi connectivity index (χ2n) is 13.4. The fourth-order valence-electron chi connectivity index (χ4n) is 7.54. The molecule has 4 fully saturated rings. The number of ether oxygens (including phenoxy) is 1. The summed E-state index contributed by atoms with van der Waals surface area (Å²) in [5.74, 6) is -2.53. The SMILES string of the molecule is COc1nc(N(C)C2CCN(C(=O)C=C3CN(C)C3)C2)c2cnc(-c3cccc4ccc(F)c(F)c34)c(F)c2n1.FC1CC2CCCN2C1. The van der Waals surface area contributed by atoms with Crippen molar-refractivity contribution >= 4 is 33.4 Å². The van der Waals surface area contributed by atoms with Gasteiger partial charge in [-0.05, 0) is 56.3 Å². The van der Waals surface area contributed by atoms with Crippen molar-refractivity contribution in [1.29, 1.82) is 0 Å². The van der Waals surface area contributed by atoms with Gasteiger partial charge in [0.25, 0.3) is 0 Å². The molecule has 6 heterocycles. The highest BCUT2D eigenvalue weighted by Gasteiger charge is 2.35. The van der Waals surface area contributed by atoms with Crippen LogP contribution in [0.25, 0.3) is 32.9 Å². The number of likely N-dealkylation sites (N-methyl/N-ethyl adjacent to an activating group) is 2. The first-order valence-corrected chi connectivity index (χ1v) is 16.7. The van der Waals surface area contributed by atoms with Crippen LogP contribution in [0, 0.1) is 17.5 Å². The van der Waals surface area contributed by atoms with Crippen molar-refractivity contribution in [2.45, 2.75) is 43.9 Å².